The van der Waals surface area contributed by atoms with Crippen molar-refractivity contribution < 1.29 is 72.2 Å². The van der Waals surface area contributed by atoms with Crippen molar-refractivity contribution in [2.24, 2.45) is 16.7 Å². The van der Waals surface area contributed by atoms with Crippen molar-refractivity contribution in [3.63, 3.8) is 0 Å². The topological polar surface area (TPSA) is 227 Å². The van der Waals surface area contributed by atoms with Crippen LogP contribution < -0.4 is 5.32 Å². The lowest BCUT2D eigenvalue weighted by Crippen LogP contribution is -2.63. The minimum absolute atomic E-state index is 0.0233. The SMILES string of the molecule is C=C1C(=O)C[C@H](OC(C)=O)[C@@]2(C)[C@@H](OC(C)=O)[C@H](OC(=O)Cc3ccccc3)C3=C(C)[C@@H](OC(=O)[C@H](O)[C@@H](NC(=O)OC(C)(C)C)c4ccccc4)C[C@@]3(C(C)(C)O)[C@@H](OC(C)=O)[C@H]12. The maximum absolute atomic E-state index is 14.3. The van der Waals surface area contributed by atoms with Crippen molar-refractivity contribution in [1.29, 1.82) is 0 Å². The highest BCUT2D eigenvalue weighted by Gasteiger charge is 2.74. The van der Waals surface area contributed by atoms with E-state index in [-0.39, 0.29) is 23.1 Å². The van der Waals surface area contributed by atoms with Gasteiger partial charge >= 0.3 is 35.9 Å². The van der Waals surface area contributed by atoms with Crippen LogP contribution in [-0.4, -0.2) is 99.8 Å². The number of benzene rings is 2. The molecule has 3 aliphatic rings. The van der Waals surface area contributed by atoms with Gasteiger partial charge in [-0.3, -0.25) is 24.0 Å². The Balaban J connectivity index is 1.77. The van der Waals surface area contributed by atoms with E-state index in [4.69, 9.17) is 28.4 Å². The number of fused-ring (bicyclic) bond motifs is 2. The van der Waals surface area contributed by atoms with Gasteiger partial charge in [0.25, 0.3) is 0 Å². The Morgan fingerprint density at radius 1 is 0.828 bits per heavy atom. The molecule has 0 aromatic heterocycles. The van der Waals surface area contributed by atoms with Gasteiger partial charge in [-0.05, 0) is 69.4 Å². The van der Waals surface area contributed by atoms with Crippen LogP contribution in [-0.2, 0) is 63.6 Å². The number of aliphatic hydroxyl groups is 2. The van der Waals surface area contributed by atoms with Gasteiger partial charge in [-0.1, -0.05) is 74.2 Å². The number of nitrogens with one attached hydrogen (secondary N) is 1. The number of aliphatic hydroxyl groups excluding tert-OH is 1. The number of Topliss-reactive ketones (excluding diaryl/α,β-unsaturated/α-hetero) is 1. The van der Waals surface area contributed by atoms with Gasteiger partial charge in [0.2, 0.25) is 0 Å². The Hall–Kier alpha value is -5.87. The molecule has 5 rings (SSSR count). The number of ether oxygens (including phenoxy) is 6. The Bertz CT molecular complexity index is 2190. The number of alkyl carbamates (subject to hydrolysis) is 1. The molecule has 0 radical (unpaired) electrons. The first kappa shape index (κ1) is 49.2. The first-order chi connectivity index (χ1) is 29.7. The zero-order valence-corrected chi connectivity index (χ0v) is 37.9. The highest BCUT2D eigenvalue weighted by Crippen LogP contribution is 2.66. The van der Waals surface area contributed by atoms with E-state index in [1.807, 2.05) is 0 Å². The van der Waals surface area contributed by atoms with E-state index < -0.39 is 125 Å². The van der Waals surface area contributed by atoms with Crippen molar-refractivity contribution in [2.75, 3.05) is 0 Å². The summed E-state index contributed by atoms with van der Waals surface area (Å²) in [4.78, 5) is 95.1. The molecule has 0 aliphatic heterocycles. The fourth-order valence-corrected chi connectivity index (χ4v) is 9.72. The molecule has 2 fully saturated rings. The average molecular weight is 890 g/mol. The van der Waals surface area contributed by atoms with Crippen molar-refractivity contribution in [3.05, 3.63) is 95.1 Å². The Labute approximate surface area is 372 Å². The predicted molar refractivity (Wildman–Crippen MR) is 228 cm³/mol. The van der Waals surface area contributed by atoms with Gasteiger partial charge in [-0.25, -0.2) is 9.59 Å². The summed E-state index contributed by atoms with van der Waals surface area (Å²) >= 11 is 0. The Morgan fingerprint density at radius 3 is 1.91 bits per heavy atom. The summed E-state index contributed by atoms with van der Waals surface area (Å²) in [5.41, 5.74) is -5.80. The third-order valence-corrected chi connectivity index (χ3v) is 12.4. The molecule has 16 nitrogen and oxygen atoms in total. The molecule has 0 spiro atoms. The minimum Gasteiger partial charge on any atom is -0.461 e. The largest absolute Gasteiger partial charge is 0.461 e. The minimum atomic E-state index is -2.06. The Kier molecular flexibility index (Phi) is 14.4. The first-order valence-corrected chi connectivity index (χ1v) is 21.1. The van der Waals surface area contributed by atoms with Gasteiger partial charge in [0, 0.05) is 39.5 Å². The summed E-state index contributed by atoms with van der Waals surface area (Å²) in [5, 5.41) is 27.0. The molecular formula is C48H59NO15. The zero-order chi connectivity index (χ0) is 47.7. The molecule has 16 heteroatoms. The maximum Gasteiger partial charge on any atom is 0.408 e. The van der Waals surface area contributed by atoms with Crippen molar-refractivity contribution in [3.8, 4) is 0 Å². The highest BCUT2D eigenvalue weighted by atomic mass is 16.6. The summed E-state index contributed by atoms with van der Waals surface area (Å²) in [6.07, 6.45) is -11.9. The van der Waals surface area contributed by atoms with Crippen molar-refractivity contribution >= 4 is 41.7 Å². The third kappa shape index (κ3) is 9.92. The van der Waals surface area contributed by atoms with E-state index in [1.165, 1.54) is 20.8 Å². The highest BCUT2D eigenvalue weighted by molar-refractivity contribution is 5.97. The van der Waals surface area contributed by atoms with Gasteiger partial charge in [0.05, 0.1) is 28.9 Å². The number of hydrogen-bond acceptors (Lipinski definition) is 15. The second kappa shape index (κ2) is 18.7. The van der Waals surface area contributed by atoms with Crippen LogP contribution in [0.3, 0.4) is 0 Å². The number of amides is 1. The van der Waals surface area contributed by atoms with E-state index in [0.29, 0.717) is 11.1 Å². The maximum atomic E-state index is 14.3. The molecular weight excluding hydrogens is 831 g/mol. The summed E-state index contributed by atoms with van der Waals surface area (Å²) in [7, 11) is 0. The van der Waals surface area contributed by atoms with Crippen molar-refractivity contribution in [1.82, 2.24) is 5.32 Å². The van der Waals surface area contributed by atoms with Crippen molar-refractivity contribution in [2.45, 2.75) is 142 Å². The van der Waals surface area contributed by atoms with Crippen LogP contribution in [0.2, 0.25) is 0 Å². The fourth-order valence-electron chi connectivity index (χ4n) is 9.72. The lowest BCUT2D eigenvalue weighted by atomic mass is 9.54. The summed E-state index contributed by atoms with van der Waals surface area (Å²) < 4.78 is 36.2. The summed E-state index contributed by atoms with van der Waals surface area (Å²) in [6, 6.07) is 15.3. The van der Waals surface area contributed by atoms with Gasteiger partial charge in [-0.15, -0.1) is 0 Å². The van der Waals surface area contributed by atoms with E-state index in [1.54, 1.807) is 88.4 Å². The molecule has 2 saturated carbocycles. The van der Waals surface area contributed by atoms with E-state index in [2.05, 4.69) is 11.9 Å². The number of rotatable bonds is 12. The van der Waals surface area contributed by atoms with Crippen LogP contribution in [0.4, 0.5) is 4.79 Å². The number of ketones is 1. The predicted octanol–water partition coefficient (Wildman–Crippen LogP) is 5.12. The van der Waals surface area contributed by atoms with Crippen LogP contribution in [0.5, 0.6) is 0 Å². The van der Waals surface area contributed by atoms with Crippen LogP contribution in [0.25, 0.3) is 0 Å². The molecule has 0 saturated heterocycles. The van der Waals surface area contributed by atoms with Gasteiger partial charge in [0.15, 0.2) is 24.1 Å². The van der Waals surface area contributed by atoms with E-state index in [0.717, 1.165) is 20.8 Å². The lowest BCUT2D eigenvalue weighted by molar-refractivity contribution is -0.210. The number of carbonyl (C=O) groups excluding carboxylic acids is 7. The van der Waals surface area contributed by atoms with Crippen LogP contribution in [0.1, 0.15) is 99.2 Å². The molecule has 3 N–H and O–H groups in total. The third-order valence-electron chi connectivity index (χ3n) is 12.4. The molecule has 2 aromatic carbocycles. The molecule has 2 aromatic rings. The van der Waals surface area contributed by atoms with E-state index >= 15 is 0 Å². The molecule has 0 bridgehead atoms. The Morgan fingerprint density at radius 2 is 1.38 bits per heavy atom. The molecule has 346 valence electrons. The van der Waals surface area contributed by atoms with Gasteiger partial charge < -0.3 is 44.0 Å². The van der Waals surface area contributed by atoms with Gasteiger partial charge in [0.1, 0.15) is 23.9 Å². The quantitative estimate of drug-likeness (QED) is 0.109. The second-order valence-corrected chi connectivity index (χ2v) is 18.5. The first-order valence-electron chi connectivity index (χ1n) is 21.1. The average Bonchev–Trinajstić information content (AvgIpc) is 3.44. The number of hydrogen-bond donors (Lipinski definition) is 3. The van der Waals surface area contributed by atoms with Gasteiger partial charge in [-0.2, -0.15) is 0 Å². The second-order valence-electron chi connectivity index (χ2n) is 18.5. The summed E-state index contributed by atoms with van der Waals surface area (Å²) in [5.74, 6) is -6.61. The zero-order valence-electron chi connectivity index (χ0n) is 37.9. The van der Waals surface area contributed by atoms with Crippen LogP contribution in [0, 0.1) is 16.7 Å². The van der Waals surface area contributed by atoms with E-state index in [9.17, 15) is 43.8 Å². The summed E-state index contributed by atoms with van der Waals surface area (Å²) in [6.45, 7) is 18.3. The molecule has 64 heavy (non-hydrogen) atoms. The smallest absolute Gasteiger partial charge is 0.408 e. The fraction of sp³-hybridized carbons (Fsp3) is 0.521. The molecule has 0 unspecified atom stereocenters. The lowest BCUT2D eigenvalue weighted by Gasteiger charge is -2.54. The monoisotopic (exact) mass is 889 g/mol. The molecule has 10 atom stereocenters. The standard InChI is InChI=1S/C48H59NO15/c1-25-32(53)23-34(59-27(3)50)47(11)37(25)41(60-28(4)51)48(46(9,10)58)24-33(62-43(56)39(55)38(31-20-16-13-17-21-31)49-44(57)64-45(6,7)8)26(2)36(48)40(42(47)61-29(5)52)63-35(54)22-30-18-14-12-15-19-30/h12-21,33-34,37-42,55,58H,1,22-24H2,2-11H3,(H,49,57)/t33-,34-,37-,38-,39+,40+,41-,42-,47+,48-/m0/s1. The molecule has 1 amide bonds. The van der Waals surface area contributed by atoms with Crippen LogP contribution in [0.15, 0.2) is 84.0 Å². The number of esters is 5. The molecule has 0 heterocycles. The molecule has 3 aliphatic carbocycles. The number of carbonyl (C=O) groups is 7. The normalized spacial score (nSPS) is 27.7. The van der Waals surface area contributed by atoms with Crippen LogP contribution >= 0.6 is 0 Å².